The maximum atomic E-state index is 3.43. The zero-order chi connectivity index (χ0) is 12.5. The van der Waals surface area contributed by atoms with Crippen molar-refractivity contribution in [1.29, 1.82) is 0 Å². The van der Waals surface area contributed by atoms with Crippen LogP contribution in [0, 0.1) is 11.8 Å². The van der Waals surface area contributed by atoms with E-state index in [4.69, 9.17) is 0 Å². The van der Waals surface area contributed by atoms with Gasteiger partial charge in [-0.3, -0.25) is 4.90 Å². The molecule has 2 aliphatic rings. The van der Waals surface area contributed by atoms with Crippen molar-refractivity contribution in [3.05, 3.63) is 29.3 Å². The summed E-state index contributed by atoms with van der Waals surface area (Å²) >= 11 is 0. The molecule has 0 aliphatic carbocycles. The third-order valence-electron chi connectivity index (χ3n) is 4.23. The Balaban J connectivity index is 1.69. The summed E-state index contributed by atoms with van der Waals surface area (Å²) in [4.78, 5) is 2.63. The standard InChI is InChI=1S/C16H24N2/c1-12-7-13(2)10-18(9-12)11-14-3-4-16-15(8-14)5-6-17-16/h3-4,8,12-13,17H,5-7,9-11H2,1-2H3. The Bertz CT molecular complexity index is 417. The minimum Gasteiger partial charge on any atom is -0.384 e. The lowest BCUT2D eigenvalue weighted by atomic mass is 9.91. The molecule has 18 heavy (non-hydrogen) atoms. The molecule has 2 nitrogen and oxygen atoms in total. The van der Waals surface area contributed by atoms with Gasteiger partial charge in [0.25, 0.3) is 0 Å². The fraction of sp³-hybridized carbons (Fsp3) is 0.625. The molecule has 3 rings (SSSR count). The molecule has 1 N–H and O–H groups in total. The Hall–Kier alpha value is -1.02. The van der Waals surface area contributed by atoms with Crippen LogP contribution in [0.5, 0.6) is 0 Å². The van der Waals surface area contributed by atoms with Crippen LogP contribution in [-0.2, 0) is 13.0 Å². The summed E-state index contributed by atoms with van der Waals surface area (Å²) in [5.41, 5.74) is 4.34. The first-order chi connectivity index (χ1) is 8.70. The maximum absolute atomic E-state index is 3.43. The summed E-state index contributed by atoms with van der Waals surface area (Å²) in [6.07, 6.45) is 2.58. The van der Waals surface area contributed by atoms with Gasteiger partial charge in [-0.25, -0.2) is 0 Å². The molecule has 1 aromatic carbocycles. The number of hydrogen-bond acceptors (Lipinski definition) is 2. The third kappa shape index (κ3) is 2.54. The van der Waals surface area contributed by atoms with E-state index < -0.39 is 0 Å². The summed E-state index contributed by atoms with van der Waals surface area (Å²) in [5.74, 6) is 1.70. The van der Waals surface area contributed by atoms with Crippen LogP contribution in [-0.4, -0.2) is 24.5 Å². The minimum absolute atomic E-state index is 0.852. The van der Waals surface area contributed by atoms with E-state index in [0.717, 1.165) is 24.9 Å². The molecule has 0 saturated carbocycles. The van der Waals surface area contributed by atoms with Gasteiger partial charge in [0.2, 0.25) is 0 Å². The number of nitrogens with zero attached hydrogens (tertiary/aromatic N) is 1. The zero-order valence-corrected chi connectivity index (χ0v) is 11.6. The highest BCUT2D eigenvalue weighted by Crippen LogP contribution is 2.26. The van der Waals surface area contributed by atoms with Crippen LogP contribution in [0.1, 0.15) is 31.4 Å². The highest BCUT2D eigenvalue weighted by atomic mass is 15.1. The van der Waals surface area contributed by atoms with Gasteiger partial charge < -0.3 is 5.32 Å². The average Bonchev–Trinajstić information content (AvgIpc) is 2.74. The van der Waals surface area contributed by atoms with Crippen molar-refractivity contribution >= 4 is 5.69 Å². The molecule has 2 heterocycles. The van der Waals surface area contributed by atoms with Crippen LogP contribution in [0.25, 0.3) is 0 Å². The van der Waals surface area contributed by atoms with Gasteiger partial charge in [0.1, 0.15) is 0 Å². The number of rotatable bonds is 2. The molecular formula is C16H24N2. The monoisotopic (exact) mass is 244 g/mol. The molecule has 1 saturated heterocycles. The largest absolute Gasteiger partial charge is 0.384 e. The van der Waals surface area contributed by atoms with Gasteiger partial charge in [-0.05, 0) is 41.9 Å². The summed E-state index contributed by atoms with van der Waals surface area (Å²) in [6.45, 7) is 9.53. The highest BCUT2D eigenvalue weighted by Gasteiger charge is 2.22. The SMILES string of the molecule is CC1CC(C)CN(Cc2ccc3c(c2)CCN3)C1. The molecule has 0 amide bonds. The number of anilines is 1. The topological polar surface area (TPSA) is 15.3 Å². The van der Waals surface area contributed by atoms with E-state index in [1.807, 2.05) is 0 Å². The van der Waals surface area contributed by atoms with E-state index >= 15 is 0 Å². The molecule has 1 fully saturated rings. The van der Waals surface area contributed by atoms with Crippen LogP contribution in [0.3, 0.4) is 0 Å². The molecule has 2 heteroatoms. The maximum Gasteiger partial charge on any atom is 0.0373 e. The van der Waals surface area contributed by atoms with Crippen molar-refractivity contribution in [1.82, 2.24) is 4.90 Å². The highest BCUT2D eigenvalue weighted by molar-refractivity contribution is 5.56. The third-order valence-corrected chi connectivity index (χ3v) is 4.23. The van der Waals surface area contributed by atoms with Gasteiger partial charge in [0.15, 0.2) is 0 Å². The summed E-state index contributed by atoms with van der Waals surface area (Å²) in [5, 5.41) is 3.43. The number of nitrogens with one attached hydrogen (secondary N) is 1. The Morgan fingerprint density at radius 2 is 2.00 bits per heavy atom. The molecule has 0 bridgehead atoms. The molecule has 0 spiro atoms. The van der Waals surface area contributed by atoms with Crippen LogP contribution < -0.4 is 5.32 Å². The molecule has 0 aromatic heterocycles. The van der Waals surface area contributed by atoms with Crippen molar-refractivity contribution < 1.29 is 0 Å². The van der Waals surface area contributed by atoms with Gasteiger partial charge in [-0.2, -0.15) is 0 Å². The second-order valence-electron chi connectivity index (χ2n) is 6.31. The van der Waals surface area contributed by atoms with Crippen LogP contribution in [0.2, 0.25) is 0 Å². The average molecular weight is 244 g/mol. The lowest BCUT2D eigenvalue weighted by molar-refractivity contribution is 0.134. The Labute approximate surface area is 110 Å². The Morgan fingerprint density at radius 3 is 2.78 bits per heavy atom. The van der Waals surface area contributed by atoms with E-state index in [9.17, 15) is 0 Å². The number of likely N-dealkylation sites (tertiary alicyclic amines) is 1. The normalized spacial score (nSPS) is 27.9. The summed E-state index contributed by atoms with van der Waals surface area (Å²) in [6, 6.07) is 6.95. The lowest BCUT2D eigenvalue weighted by Crippen LogP contribution is -2.38. The molecule has 2 aliphatic heterocycles. The van der Waals surface area contributed by atoms with Gasteiger partial charge in [-0.1, -0.05) is 26.0 Å². The van der Waals surface area contributed by atoms with Crippen LogP contribution in [0.4, 0.5) is 5.69 Å². The predicted molar refractivity (Wildman–Crippen MR) is 76.9 cm³/mol. The van der Waals surface area contributed by atoms with Crippen LogP contribution in [0.15, 0.2) is 18.2 Å². The number of benzene rings is 1. The van der Waals surface area contributed by atoms with Crippen molar-refractivity contribution in [2.24, 2.45) is 11.8 Å². The van der Waals surface area contributed by atoms with Gasteiger partial charge >= 0.3 is 0 Å². The quantitative estimate of drug-likeness (QED) is 0.860. The Kier molecular flexibility index (Phi) is 3.29. The Morgan fingerprint density at radius 1 is 1.22 bits per heavy atom. The molecule has 98 valence electrons. The van der Waals surface area contributed by atoms with Gasteiger partial charge in [-0.15, -0.1) is 0 Å². The van der Waals surface area contributed by atoms with Gasteiger partial charge in [0.05, 0.1) is 0 Å². The fourth-order valence-corrected chi connectivity index (χ4v) is 3.64. The first-order valence-electron chi connectivity index (χ1n) is 7.29. The van der Waals surface area contributed by atoms with E-state index in [0.29, 0.717) is 0 Å². The second-order valence-corrected chi connectivity index (χ2v) is 6.31. The first-order valence-corrected chi connectivity index (χ1v) is 7.29. The number of hydrogen-bond donors (Lipinski definition) is 1. The van der Waals surface area contributed by atoms with E-state index in [1.54, 1.807) is 0 Å². The van der Waals surface area contributed by atoms with Crippen molar-refractivity contribution in [2.45, 2.75) is 33.2 Å². The minimum atomic E-state index is 0.852. The van der Waals surface area contributed by atoms with Crippen molar-refractivity contribution in [3.8, 4) is 0 Å². The van der Waals surface area contributed by atoms with Gasteiger partial charge in [0, 0.05) is 31.9 Å². The lowest BCUT2D eigenvalue weighted by Gasteiger charge is -2.35. The molecule has 2 unspecified atom stereocenters. The first kappa shape index (κ1) is 12.0. The fourth-order valence-electron chi connectivity index (χ4n) is 3.64. The number of fused-ring (bicyclic) bond motifs is 1. The smallest absolute Gasteiger partial charge is 0.0373 e. The van der Waals surface area contributed by atoms with E-state index in [2.05, 4.69) is 42.3 Å². The van der Waals surface area contributed by atoms with E-state index in [1.165, 1.54) is 42.7 Å². The predicted octanol–water partition coefficient (Wildman–Crippen LogP) is 3.13. The molecule has 1 aromatic rings. The molecular weight excluding hydrogens is 220 g/mol. The van der Waals surface area contributed by atoms with Crippen molar-refractivity contribution in [3.63, 3.8) is 0 Å². The van der Waals surface area contributed by atoms with E-state index in [-0.39, 0.29) is 0 Å². The summed E-state index contributed by atoms with van der Waals surface area (Å²) in [7, 11) is 0. The van der Waals surface area contributed by atoms with Crippen LogP contribution >= 0.6 is 0 Å². The summed E-state index contributed by atoms with van der Waals surface area (Å²) < 4.78 is 0. The molecule has 2 atom stereocenters. The number of piperidine rings is 1. The zero-order valence-electron chi connectivity index (χ0n) is 11.6. The van der Waals surface area contributed by atoms with Crippen molar-refractivity contribution in [2.75, 3.05) is 25.0 Å². The second kappa shape index (κ2) is 4.93. The molecule has 0 radical (unpaired) electrons.